The summed E-state index contributed by atoms with van der Waals surface area (Å²) in [5, 5.41) is 0. The molecule has 2 nitrogen and oxygen atoms in total. The Balaban J connectivity index is 2.22. The first-order chi connectivity index (χ1) is 11.2. The predicted octanol–water partition coefficient (Wildman–Crippen LogP) is 5.84. The molecule has 0 atom stereocenters. The zero-order valence-electron chi connectivity index (χ0n) is 13.4. The maximum absolute atomic E-state index is 7.36. The second-order valence-electron chi connectivity index (χ2n) is 5.52. The monoisotopic (exact) mass is 298 g/mol. The van der Waals surface area contributed by atoms with E-state index < -0.39 is 0 Å². The molecule has 3 rings (SSSR count). The van der Waals surface area contributed by atoms with Gasteiger partial charge in [-0.3, -0.25) is 4.98 Å². The van der Waals surface area contributed by atoms with Gasteiger partial charge in [-0.25, -0.2) is 4.85 Å². The minimum absolute atomic E-state index is 0.609. The quantitative estimate of drug-likeness (QED) is 0.555. The molecule has 3 aromatic rings. The number of aryl methyl sites for hydroxylation is 2. The summed E-state index contributed by atoms with van der Waals surface area (Å²) in [6.45, 7) is 11.4. The molecule has 1 heterocycles. The average molecular weight is 298 g/mol. The second kappa shape index (κ2) is 6.46. The van der Waals surface area contributed by atoms with Gasteiger partial charge in [-0.1, -0.05) is 61.5 Å². The third-order valence-corrected chi connectivity index (χ3v) is 4.03. The van der Waals surface area contributed by atoms with Crippen LogP contribution in [0.15, 0.2) is 60.7 Å². The van der Waals surface area contributed by atoms with Crippen LogP contribution >= 0.6 is 0 Å². The summed E-state index contributed by atoms with van der Waals surface area (Å²) in [7, 11) is 0. The molecule has 0 unspecified atom stereocenters. The highest BCUT2D eigenvalue weighted by Gasteiger charge is 2.12. The standard InChI is InChI=1S/C21H18N2/c1-4-16-10-12-18(13-11-16)21-19(17-8-6-5-7-9-17)14-20(22-3)15(2)23-21/h5-14H,4H2,1-2H3. The van der Waals surface area contributed by atoms with Crippen LogP contribution in [-0.2, 0) is 6.42 Å². The molecule has 0 aliphatic rings. The molecule has 0 fully saturated rings. The van der Waals surface area contributed by atoms with Crippen LogP contribution in [0.1, 0.15) is 18.2 Å². The van der Waals surface area contributed by atoms with Crippen LogP contribution in [0.25, 0.3) is 27.2 Å². The Hall–Kier alpha value is -2.92. The molecule has 0 aliphatic carbocycles. The first-order valence-electron chi connectivity index (χ1n) is 7.76. The highest BCUT2D eigenvalue weighted by Crippen LogP contribution is 2.35. The van der Waals surface area contributed by atoms with E-state index in [1.807, 2.05) is 31.2 Å². The van der Waals surface area contributed by atoms with E-state index in [1.54, 1.807) is 0 Å². The molecule has 0 amide bonds. The van der Waals surface area contributed by atoms with Crippen LogP contribution in [0.3, 0.4) is 0 Å². The summed E-state index contributed by atoms with van der Waals surface area (Å²) in [4.78, 5) is 8.34. The lowest BCUT2D eigenvalue weighted by molar-refractivity contribution is 1.14. The van der Waals surface area contributed by atoms with Crippen molar-refractivity contribution in [2.75, 3.05) is 0 Å². The molecule has 0 N–H and O–H groups in total. The lowest BCUT2D eigenvalue weighted by atomic mass is 9.97. The Morgan fingerprint density at radius 1 is 0.957 bits per heavy atom. The molecule has 0 spiro atoms. The molecule has 0 saturated heterocycles. The van der Waals surface area contributed by atoms with Crippen LogP contribution < -0.4 is 0 Å². The van der Waals surface area contributed by atoms with Crippen molar-refractivity contribution in [3.8, 4) is 22.4 Å². The molecule has 1 aromatic heterocycles. The lowest BCUT2D eigenvalue weighted by Crippen LogP contribution is -1.93. The van der Waals surface area contributed by atoms with Gasteiger partial charge in [0, 0.05) is 11.3 Å². The maximum atomic E-state index is 7.36. The van der Waals surface area contributed by atoms with Gasteiger partial charge in [0.05, 0.1) is 12.3 Å². The SMILES string of the molecule is [C-]#[N+]c1cc(-c2ccccc2)c(-c2ccc(CC)cc2)nc1C. The van der Waals surface area contributed by atoms with E-state index in [0.717, 1.165) is 34.5 Å². The first-order valence-corrected chi connectivity index (χ1v) is 7.76. The van der Waals surface area contributed by atoms with Crippen LogP contribution in [0.2, 0.25) is 0 Å². The minimum Gasteiger partial charge on any atom is -0.264 e. The molecule has 112 valence electrons. The number of hydrogen-bond donors (Lipinski definition) is 0. The Kier molecular flexibility index (Phi) is 4.21. The normalized spacial score (nSPS) is 10.3. The van der Waals surface area contributed by atoms with Gasteiger partial charge < -0.3 is 0 Å². The maximum Gasteiger partial charge on any atom is 0.208 e. The molecule has 2 heteroatoms. The van der Waals surface area contributed by atoms with Crippen molar-refractivity contribution in [3.05, 3.63) is 83.3 Å². The predicted molar refractivity (Wildman–Crippen MR) is 95.5 cm³/mol. The highest BCUT2D eigenvalue weighted by molar-refractivity contribution is 5.83. The molecule has 0 saturated carbocycles. The van der Waals surface area contributed by atoms with Gasteiger partial charge in [0.1, 0.15) is 0 Å². The van der Waals surface area contributed by atoms with E-state index in [2.05, 4.69) is 48.2 Å². The van der Waals surface area contributed by atoms with E-state index in [9.17, 15) is 0 Å². The largest absolute Gasteiger partial charge is 0.264 e. The zero-order valence-corrected chi connectivity index (χ0v) is 13.4. The fourth-order valence-electron chi connectivity index (χ4n) is 2.66. The fourth-order valence-corrected chi connectivity index (χ4v) is 2.66. The van der Waals surface area contributed by atoms with Crippen molar-refractivity contribution in [3.63, 3.8) is 0 Å². The van der Waals surface area contributed by atoms with Crippen molar-refractivity contribution in [1.29, 1.82) is 0 Å². The van der Waals surface area contributed by atoms with Gasteiger partial charge in [0.2, 0.25) is 5.69 Å². The number of pyridine rings is 1. The Morgan fingerprint density at radius 2 is 1.65 bits per heavy atom. The van der Waals surface area contributed by atoms with Crippen molar-refractivity contribution in [1.82, 2.24) is 4.98 Å². The van der Waals surface area contributed by atoms with Crippen LogP contribution in [-0.4, -0.2) is 4.98 Å². The molecule has 0 bridgehead atoms. The molecular weight excluding hydrogens is 280 g/mol. The van der Waals surface area contributed by atoms with E-state index in [0.29, 0.717) is 5.69 Å². The average Bonchev–Trinajstić information content (AvgIpc) is 2.62. The van der Waals surface area contributed by atoms with E-state index in [4.69, 9.17) is 11.6 Å². The summed E-state index contributed by atoms with van der Waals surface area (Å²) in [5.74, 6) is 0. The first kappa shape index (κ1) is 15.0. The van der Waals surface area contributed by atoms with Crippen LogP contribution in [0.5, 0.6) is 0 Å². The molecule has 0 radical (unpaired) electrons. The van der Waals surface area contributed by atoms with Gasteiger partial charge in [0.15, 0.2) is 0 Å². The summed E-state index contributed by atoms with van der Waals surface area (Å²) >= 11 is 0. The molecular formula is C21H18N2. The lowest BCUT2D eigenvalue weighted by Gasteiger charge is -2.12. The third kappa shape index (κ3) is 3.00. The number of aromatic nitrogens is 1. The third-order valence-electron chi connectivity index (χ3n) is 4.03. The number of nitrogens with zero attached hydrogens (tertiary/aromatic N) is 2. The van der Waals surface area contributed by atoms with Crippen molar-refractivity contribution in [2.45, 2.75) is 20.3 Å². The fraction of sp³-hybridized carbons (Fsp3) is 0.143. The van der Waals surface area contributed by atoms with E-state index >= 15 is 0 Å². The molecule has 23 heavy (non-hydrogen) atoms. The Bertz CT molecular complexity index is 857. The van der Waals surface area contributed by atoms with Crippen molar-refractivity contribution >= 4 is 5.69 Å². The summed E-state index contributed by atoms with van der Waals surface area (Å²) < 4.78 is 0. The van der Waals surface area contributed by atoms with Gasteiger partial charge in [-0.05, 0) is 36.1 Å². The summed E-state index contributed by atoms with van der Waals surface area (Å²) in [5.41, 5.74) is 6.80. The highest BCUT2D eigenvalue weighted by atomic mass is 14.8. The summed E-state index contributed by atoms with van der Waals surface area (Å²) in [6, 6.07) is 20.6. The smallest absolute Gasteiger partial charge is 0.208 e. The van der Waals surface area contributed by atoms with Gasteiger partial charge in [-0.15, -0.1) is 0 Å². The van der Waals surface area contributed by atoms with Gasteiger partial charge >= 0.3 is 0 Å². The number of rotatable bonds is 3. The van der Waals surface area contributed by atoms with E-state index in [-0.39, 0.29) is 0 Å². The van der Waals surface area contributed by atoms with Gasteiger partial charge in [0.25, 0.3) is 0 Å². The van der Waals surface area contributed by atoms with Crippen LogP contribution in [0.4, 0.5) is 5.69 Å². The van der Waals surface area contributed by atoms with Crippen molar-refractivity contribution in [2.24, 2.45) is 0 Å². The molecule has 2 aromatic carbocycles. The van der Waals surface area contributed by atoms with E-state index in [1.165, 1.54) is 5.56 Å². The Morgan fingerprint density at radius 3 is 2.26 bits per heavy atom. The number of hydrogen-bond acceptors (Lipinski definition) is 1. The number of benzene rings is 2. The Labute approximate surface area is 137 Å². The zero-order chi connectivity index (χ0) is 16.2. The van der Waals surface area contributed by atoms with Crippen LogP contribution in [0, 0.1) is 13.5 Å². The minimum atomic E-state index is 0.609. The van der Waals surface area contributed by atoms with Gasteiger partial charge in [-0.2, -0.15) is 0 Å². The molecule has 0 aliphatic heterocycles. The van der Waals surface area contributed by atoms with Crippen molar-refractivity contribution < 1.29 is 0 Å². The second-order valence-corrected chi connectivity index (χ2v) is 5.52. The topological polar surface area (TPSA) is 17.2 Å². The summed E-state index contributed by atoms with van der Waals surface area (Å²) in [6.07, 6.45) is 1.02.